The van der Waals surface area contributed by atoms with Crippen LogP contribution in [0.3, 0.4) is 0 Å². The Morgan fingerprint density at radius 2 is 1.58 bits per heavy atom. The molecule has 0 aliphatic rings. The van der Waals surface area contributed by atoms with E-state index in [0.29, 0.717) is 12.2 Å². The molecule has 0 radical (unpaired) electrons. The molecule has 0 aliphatic carbocycles. The van der Waals surface area contributed by atoms with Crippen molar-refractivity contribution < 1.29 is 14.3 Å². The maximum Gasteiger partial charge on any atom is 0.261 e. The zero-order valence-electron chi connectivity index (χ0n) is 21.4. The van der Waals surface area contributed by atoms with Crippen molar-refractivity contribution in [3.8, 4) is 5.75 Å². The van der Waals surface area contributed by atoms with Gasteiger partial charge in [0.1, 0.15) is 11.8 Å². The second-order valence-corrected chi connectivity index (χ2v) is 11.1. The second kappa shape index (κ2) is 13.1. The Hall–Kier alpha value is -3.16. The van der Waals surface area contributed by atoms with Crippen molar-refractivity contribution in [3.05, 3.63) is 111 Å². The van der Waals surface area contributed by atoms with Crippen molar-refractivity contribution >= 4 is 54.4 Å². The minimum atomic E-state index is -0.713. The van der Waals surface area contributed by atoms with Gasteiger partial charge in [-0.25, -0.2) is 0 Å². The summed E-state index contributed by atoms with van der Waals surface area (Å²) in [5.74, 6) is 0.106. The van der Waals surface area contributed by atoms with Crippen molar-refractivity contribution in [1.82, 2.24) is 10.2 Å². The van der Waals surface area contributed by atoms with E-state index in [1.165, 1.54) is 0 Å². The summed E-state index contributed by atoms with van der Waals surface area (Å²) >= 11 is 7.15. The van der Waals surface area contributed by atoms with Gasteiger partial charge in [0.25, 0.3) is 5.91 Å². The van der Waals surface area contributed by atoms with Gasteiger partial charge in [0.15, 0.2) is 6.61 Å². The first kappa shape index (κ1) is 27.9. The van der Waals surface area contributed by atoms with E-state index in [1.807, 2.05) is 105 Å². The van der Waals surface area contributed by atoms with Crippen LogP contribution in [0, 0.1) is 0 Å². The van der Waals surface area contributed by atoms with E-state index < -0.39 is 6.04 Å². The van der Waals surface area contributed by atoms with Crippen LogP contribution >= 0.6 is 31.9 Å². The van der Waals surface area contributed by atoms with Crippen LogP contribution in [0.1, 0.15) is 25.0 Å². The molecule has 0 fully saturated rings. The van der Waals surface area contributed by atoms with Gasteiger partial charge < -0.3 is 15.0 Å². The number of amides is 2. The highest BCUT2D eigenvalue weighted by Gasteiger charge is 2.31. The molecule has 0 saturated carbocycles. The largest absolute Gasteiger partial charge is 0.483 e. The van der Waals surface area contributed by atoms with Crippen molar-refractivity contribution in [1.29, 1.82) is 0 Å². The van der Waals surface area contributed by atoms with Gasteiger partial charge in [-0.15, -0.1) is 0 Å². The van der Waals surface area contributed by atoms with Crippen molar-refractivity contribution in [2.45, 2.75) is 38.9 Å². The predicted octanol–water partition coefficient (Wildman–Crippen LogP) is 6.91. The Kier molecular flexibility index (Phi) is 9.58. The van der Waals surface area contributed by atoms with Gasteiger partial charge in [-0.1, -0.05) is 88.7 Å². The third-order valence-corrected chi connectivity index (χ3v) is 7.43. The van der Waals surface area contributed by atoms with Crippen LogP contribution in [0.5, 0.6) is 5.75 Å². The zero-order valence-corrected chi connectivity index (χ0v) is 24.5. The van der Waals surface area contributed by atoms with Gasteiger partial charge >= 0.3 is 0 Å². The molecule has 0 aliphatic heterocycles. The monoisotopic (exact) mass is 636 g/mol. The van der Waals surface area contributed by atoms with Gasteiger partial charge in [0.2, 0.25) is 5.91 Å². The lowest BCUT2D eigenvalue weighted by molar-refractivity contribution is -0.143. The molecule has 0 unspecified atom stereocenters. The number of carbonyl (C=O) groups is 2. The molecule has 0 saturated heterocycles. The molecule has 7 heteroatoms. The molecule has 38 heavy (non-hydrogen) atoms. The number of halogens is 2. The average molecular weight is 638 g/mol. The van der Waals surface area contributed by atoms with Gasteiger partial charge in [-0.3, -0.25) is 9.59 Å². The average Bonchev–Trinajstić information content (AvgIpc) is 2.90. The summed E-state index contributed by atoms with van der Waals surface area (Å²) in [6.07, 6.45) is 0.388. The molecule has 0 spiro atoms. The van der Waals surface area contributed by atoms with Crippen LogP contribution in [-0.4, -0.2) is 35.4 Å². The molecule has 2 amide bonds. The summed E-state index contributed by atoms with van der Waals surface area (Å²) in [7, 11) is 0. The quantitative estimate of drug-likeness (QED) is 0.206. The SMILES string of the molecule is CC(C)NC(=O)[C@H](Cc1ccccc1)N(Cc1cccc(Br)c1)C(=O)COc1ccc2ccccc2c1Br. The standard InChI is InChI=1S/C31H30Br2N2O3/c1-21(2)34-31(37)27(18-22-9-4-3-5-10-22)35(19-23-11-8-13-25(32)17-23)29(36)20-38-28-16-15-24-12-6-7-14-26(24)30(28)33/h3-17,21,27H,18-20H2,1-2H3,(H,34,37)/t27-/m0/s1. The third-order valence-electron chi connectivity index (χ3n) is 6.12. The number of rotatable bonds is 10. The lowest BCUT2D eigenvalue weighted by Crippen LogP contribution is -2.52. The third kappa shape index (κ3) is 7.23. The number of hydrogen-bond acceptors (Lipinski definition) is 3. The molecule has 0 heterocycles. The highest BCUT2D eigenvalue weighted by atomic mass is 79.9. The maximum atomic E-state index is 13.8. The number of hydrogen-bond donors (Lipinski definition) is 1. The summed E-state index contributed by atoms with van der Waals surface area (Å²) in [4.78, 5) is 28.9. The highest BCUT2D eigenvalue weighted by Crippen LogP contribution is 2.33. The minimum Gasteiger partial charge on any atom is -0.483 e. The zero-order chi connectivity index (χ0) is 27.1. The van der Waals surface area contributed by atoms with E-state index in [1.54, 1.807) is 4.90 Å². The molecule has 5 nitrogen and oxygen atoms in total. The lowest BCUT2D eigenvalue weighted by atomic mass is 10.0. The molecule has 4 rings (SSSR count). The van der Waals surface area contributed by atoms with Gasteiger partial charge in [0, 0.05) is 23.5 Å². The van der Waals surface area contributed by atoms with Crippen molar-refractivity contribution in [2.24, 2.45) is 0 Å². The molecular weight excluding hydrogens is 608 g/mol. The van der Waals surface area contributed by atoms with Crippen LogP contribution in [0.4, 0.5) is 0 Å². The Labute approximate surface area is 240 Å². The highest BCUT2D eigenvalue weighted by molar-refractivity contribution is 9.11. The normalized spacial score (nSPS) is 11.8. The Morgan fingerprint density at radius 3 is 2.32 bits per heavy atom. The van der Waals surface area contributed by atoms with E-state index in [0.717, 1.165) is 30.8 Å². The smallest absolute Gasteiger partial charge is 0.261 e. The molecule has 1 atom stereocenters. The first-order valence-electron chi connectivity index (χ1n) is 12.5. The van der Waals surface area contributed by atoms with Gasteiger partial charge in [-0.2, -0.15) is 0 Å². The molecule has 196 valence electrons. The number of nitrogens with zero attached hydrogens (tertiary/aromatic N) is 1. The van der Waals surface area contributed by atoms with E-state index in [9.17, 15) is 9.59 Å². The van der Waals surface area contributed by atoms with E-state index in [4.69, 9.17) is 4.74 Å². The maximum absolute atomic E-state index is 13.8. The number of benzene rings is 4. The molecule has 4 aromatic rings. The molecule has 0 bridgehead atoms. The summed E-state index contributed by atoms with van der Waals surface area (Å²) in [5, 5.41) is 5.08. The predicted molar refractivity (Wildman–Crippen MR) is 159 cm³/mol. The first-order valence-corrected chi connectivity index (χ1v) is 14.1. The number of nitrogens with one attached hydrogen (secondary N) is 1. The Bertz CT molecular complexity index is 1410. The number of fused-ring (bicyclic) bond motifs is 1. The fraction of sp³-hybridized carbons (Fsp3) is 0.226. The minimum absolute atomic E-state index is 0.0617. The van der Waals surface area contributed by atoms with Crippen LogP contribution in [0.15, 0.2) is 99.9 Å². The lowest BCUT2D eigenvalue weighted by Gasteiger charge is -2.32. The summed E-state index contributed by atoms with van der Waals surface area (Å²) in [5.41, 5.74) is 1.89. The fourth-order valence-corrected chi connectivity index (χ4v) is 5.37. The second-order valence-electron chi connectivity index (χ2n) is 9.41. The molecule has 4 aromatic carbocycles. The van der Waals surface area contributed by atoms with E-state index in [-0.39, 0.29) is 31.0 Å². The van der Waals surface area contributed by atoms with E-state index in [2.05, 4.69) is 37.2 Å². The molecular formula is C31H30Br2N2O3. The van der Waals surface area contributed by atoms with Crippen LogP contribution < -0.4 is 10.1 Å². The number of ether oxygens (including phenoxy) is 1. The summed E-state index contributed by atoms with van der Waals surface area (Å²) in [6.45, 7) is 3.89. The summed E-state index contributed by atoms with van der Waals surface area (Å²) in [6, 6.07) is 28.5. The summed E-state index contributed by atoms with van der Waals surface area (Å²) < 4.78 is 7.73. The van der Waals surface area contributed by atoms with Gasteiger partial charge in [-0.05, 0) is 69.9 Å². The Morgan fingerprint density at radius 1 is 0.868 bits per heavy atom. The van der Waals surface area contributed by atoms with Crippen molar-refractivity contribution in [3.63, 3.8) is 0 Å². The van der Waals surface area contributed by atoms with Gasteiger partial charge in [0.05, 0.1) is 4.47 Å². The Balaban J connectivity index is 1.64. The first-order chi connectivity index (χ1) is 18.3. The topological polar surface area (TPSA) is 58.6 Å². The van der Waals surface area contributed by atoms with Crippen LogP contribution in [0.2, 0.25) is 0 Å². The molecule has 1 N–H and O–H groups in total. The van der Waals surface area contributed by atoms with Crippen LogP contribution in [0.25, 0.3) is 10.8 Å². The van der Waals surface area contributed by atoms with Crippen LogP contribution in [-0.2, 0) is 22.6 Å². The van der Waals surface area contributed by atoms with E-state index >= 15 is 0 Å². The fourth-order valence-electron chi connectivity index (χ4n) is 4.31. The van der Waals surface area contributed by atoms with Crippen molar-refractivity contribution in [2.75, 3.05) is 6.61 Å². The molecule has 0 aromatic heterocycles. The number of carbonyl (C=O) groups excluding carboxylic acids is 2.